The fourth-order valence-electron chi connectivity index (χ4n) is 1.69. The molecule has 0 amide bonds. The highest BCUT2D eigenvalue weighted by Crippen LogP contribution is 2.11. The van der Waals surface area contributed by atoms with E-state index in [1.165, 1.54) is 42.4 Å². The topological polar surface area (TPSA) is 0 Å². The minimum absolute atomic E-state index is 1.16. The van der Waals surface area contributed by atoms with Crippen molar-refractivity contribution in [3.05, 3.63) is 34.9 Å². The first-order valence-electron chi connectivity index (χ1n) is 7.50. The van der Waals surface area contributed by atoms with E-state index in [0.717, 1.165) is 6.42 Å². The van der Waals surface area contributed by atoms with Gasteiger partial charge in [0.05, 0.1) is 0 Å². The Morgan fingerprint density at radius 1 is 0.722 bits per heavy atom. The van der Waals surface area contributed by atoms with Crippen LogP contribution in [0.3, 0.4) is 0 Å². The maximum Gasteiger partial charge on any atom is -0.0288 e. The summed E-state index contributed by atoms with van der Waals surface area (Å²) in [4.78, 5) is 0. The van der Waals surface area contributed by atoms with Crippen LogP contribution in [-0.4, -0.2) is 0 Å². The second-order valence-corrected chi connectivity index (χ2v) is 4.87. The fourth-order valence-corrected chi connectivity index (χ4v) is 1.69. The van der Waals surface area contributed by atoms with Crippen LogP contribution in [0.5, 0.6) is 0 Å². The van der Waals surface area contributed by atoms with Crippen LogP contribution in [0, 0.1) is 0 Å². The zero-order chi connectivity index (χ0) is 14.4. The summed E-state index contributed by atoms with van der Waals surface area (Å²) in [5.41, 5.74) is 4.48. The summed E-state index contributed by atoms with van der Waals surface area (Å²) >= 11 is 0. The van der Waals surface area contributed by atoms with Crippen molar-refractivity contribution >= 4 is 0 Å². The molecule has 0 nitrogen and oxygen atoms in total. The van der Waals surface area contributed by atoms with Crippen molar-refractivity contribution in [3.8, 4) is 0 Å². The van der Waals surface area contributed by atoms with Gasteiger partial charge in [0.15, 0.2) is 0 Å². The molecule has 0 aromatic heterocycles. The minimum Gasteiger partial charge on any atom is -0.0859 e. The lowest BCUT2D eigenvalue weighted by molar-refractivity contribution is 0.913. The van der Waals surface area contributed by atoms with Gasteiger partial charge in [-0.25, -0.2) is 0 Å². The third kappa shape index (κ3) is 15.2. The van der Waals surface area contributed by atoms with Crippen LogP contribution >= 0.6 is 0 Å². The molecule has 0 aliphatic heterocycles. The molecule has 0 fully saturated rings. The van der Waals surface area contributed by atoms with Crippen molar-refractivity contribution in [2.75, 3.05) is 0 Å². The van der Waals surface area contributed by atoms with Crippen molar-refractivity contribution in [1.29, 1.82) is 0 Å². The lowest BCUT2D eigenvalue weighted by atomic mass is 10.1. The molecule has 0 heteroatoms. The monoisotopic (exact) mass is 250 g/mol. The molecule has 0 spiro atoms. The van der Waals surface area contributed by atoms with Crippen LogP contribution in [0.2, 0.25) is 0 Å². The standard InChI is InChI=1S/C16H28.C2H6/c1-6-9-15(4)12-8-13-16(5)11-7-10-14(2)3;1-2/h9-10,13H,6-8,11-12H2,1-5H3;1-2H3/b15-9-,16-13+;. The molecule has 0 rings (SSSR count). The van der Waals surface area contributed by atoms with Crippen LogP contribution < -0.4 is 0 Å². The average Bonchev–Trinajstić information content (AvgIpc) is 2.31. The molecule has 0 bridgehead atoms. The maximum absolute atomic E-state index is 2.39. The van der Waals surface area contributed by atoms with Crippen LogP contribution in [0.25, 0.3) is 0 Å². The van der Waals surface area contributed by atoms with Gasteiger partial charge >= 0.3 is 0 Å². The molecule has 0 aromatic carbocycles. The highest BCUT2D eigenvalue weighted by Gasteiger charge is 1.91. The van der Waals surface area contributed by atoms with Crippen LogP contribution in [0.1, 0.15) is 80.6 Å². The summed E-state index contributed by atoms with van der Waals surface area (Å²) in [6, 6.07) is 0. The summed E-state index contributed by atoms with van der Waals surface area (Å²) < 4.78 is 0. The third-order valence-electron chi connectivity index (χ3n) is 2.68. The van der Waals surface area contributed by atoms with Crippen molar-refractivity contribution in [2.45, 2.75) is 80.6 Å². The third-order valence-corrected chi connectivity index (χ3v) is 2.68. The SMILES string of the molecule is CC.CC/C=C(/C)CC/C=C(\C)CCC=C(C)C. The maximum atomic E-state index is 2.39. The first-order valence-corrected chi connectivity index (χ1v) is 7.50. The highest BCUT2D eigenvalue weighted by atomic mass is 14.0. The quantitative estimate of drug-likeness (QED) is 0.434. The van der Waals surface area contributed by atoms with E-state index in [9.17, 15) is 0 Å². The van der Waals surface area contributed by atoms with Gasteiger partial charge in [-0.1, -0.05) is 55.7 Å². The van der Waals surface area contributed by atoms with Gasteiger partial charge in [0.25, 0.3) is 0 Å². The van der Waals surface area contributed by atoms with E-state index >= 15 is 0 Å². The van der Waals surface area contributed by atoms with E-state index in [2.05, 4.69) is 52.8 Å². The summed E-state index contributed by atoms with van der Waals surface area (Å²) in [5.74, 6) is 0. The second-order valence-electron chi connectivity index (χ2n) is 4.87. The number of hydrogen-bond acceptors (Lipinski definition) is 0. The van der Waals surface area contributed by atoms with E-state index in [0.29, 0.717) is 0 Å². The predicted molar refractivity (Wildman–Crippen MR) is 87.1 cm³/mol. The van der Waals surface area contributed by atoms with Gasteiger partial charge in [0.2, 0.25) is 0 Å². The molecule has 0 aromatic rings. The van der Waals surface area contributed by atoms with Gasteiger partial charge in [-0.2, -0.15) is 0 Å². The summed E-state index contributed by atoms with van der Waals surface area (Å²) in [6.07, 6.45) is 13.0. The van der Waals surface area contributed by atoms with Crippen LogP contribution in [0.4, 0.5) is 0 Å². The smallest absolute Gasteiger partial charge is 0.0288 e. The molecule has 0 aliphatic carbocycles. The molecular weight excluding hydrogens is 216 g/mol. The molecule has 0 unspecified atom stereocenters. The van der Waals surface area contributed by atoms with Gasteiger partial charge in [0, 0.05) is 0 Å². The Kier molecular flexibility index (Phi) is 15.5. The highest BCUT2D eigenvalue weighted by molar-refractivity contribution is 5.05. The molecule has 0 aliphatic rings. The van der Waals surface area contributed by atoms with Gasteiger partial charge in [0.1, 0.15) is 0 Å². The fraction of sp³-hybridized carbons (Fsp3) is 0.667. The van der Waals surface area contributed by atoms with Crippen LogP contribution in [-0.2, 0) is 0 Å². The van der Waals surface area contributed by atoms with Gasteiger partial charge < -0.3 is 0 Å². The van der Waals surface area contributed by atoms with E-state index in [4.69, 9.17) is 0 Å². The molecule has 106 valence electrons. The normalized spacial score (nSPS) is 11.7. The van der Waals surface area contributed by atoms with Crippen molar-refractivity contribution in [2.24, 2.45) is 0 Å². The number of allylic oxidation sites excluding steroid dienone is 6. The molecule has 0 saturated carbocycles. The van der Waals surface area contributed by atoms with Crippen molar-refractivity contribution in [3.63, 3.8) is 0 Å². The molecular formula is C18H34. The molecule has 0 N–H and O–H groups in total. The van der Waals surface area contributed by atoms with Crippen molar-refractivity contribution < 1.29 is 0 Å². The van der Waals surface area contributed by atoms with Gasteiger partial charge in [-0.15, -0.1) is 0 Å². The number of rotatable bonds is 7. The summed E-state index contributed by atoms with van der Waals surface area (Å²) in [6.45, 7) is 15.0. The largest absolute Gasteiger partial charge is 0.0859 e. The summed E-state index contributed by atoms with van der Waals surface area (Å²) in [7, 11) is 0. The molecule has 0 radical (unpaired) electrons. The first-order chi connectivity index (χ1) is 8.56. The van der Waals surface area contributed by atoms with E-state index in [1.807, 2.05) is 13.8 Å². The average molecular weight is 250 g/mol. The summed E-state index contributed by atoms with van der Waals surface area (Å²) in [5, 5.41) is 0. The molecule has 18 heavy (non-hydrogen) atoms. The zero-order valence-corrected chi connectivity index (χ0v) is 13.8. The Hall–Kier alpha value is -0.780. The lowest BCUT2D eigenvalue weighted by Crippen LogP contribution is -1.80. The Morgan fingerprint density at radius 2 is 1.17 bits per heavy atom. The lowest BCUT2D eigenvalue weighted by Gasteiger charge is -2.00. The zero-order valence-electron chi connectivity index (χ0n) is 13.8. The predicted octanol–water partition coefficient (Wildman–Crippen LogP) is 6.84. The Labute approximate surface area is 116 Å². The Balaban J connectivity index is 0. The Morgan fingerprint density at radius 3 is 1.61 bits per heavy atom. The van der Waals surface area contributed by atoms with E-state index < -0.39 is 0 Å². The van der Waals surface area contributed by atoms with Crippen LogP contribution in [0.15, 0.2) is 34.9 Å². The molecule has 0 atom stereocenters. The molecule has 0 saturated heterocycles. The second kappa shape index (κ2) is 14.3. The minimum atomic E-state index is 1.16. The molecule has 0 heterocycles. The van der Waals surface area contributed by atoms with E-state index in [1.54, 1.807) is 0 Å². The van der Waals surface area contributed by atoms with Gasteiger partial charge in [-0.3, -0.25) is 0 Å². The van der Waals surface area contributed by atoms with Crippen molar-refractivity contribution in [1.82, 2.24) is 0 Å². The first kappa shape index (κ1) is 19.6. The van der Waals surface area contributed by atoms with E-state index in [-0.39, 0.29) is 0 Å². The Bertz CT molecular complexity index is 260. The number of hydrogen-bond donors (Lipinski definition) is 0. The van der Waals surface area contributed by atoms with Gasteiger partial charge in [-0.05, 0) is 59.8 Å².